The summed E-state index contributed by atoms with van der Waals surface area (Å²) < 4.78 is 5.10. The minimum absolute atomic E-state index is 0.0378. The zero-order chi connectivity index (χ0) is 18.9. The Kier molecular flexibility index (Phi) is 7.46. The highest BCUT2D eigenvalue weighted by atomic mass is 16.5. The zero-order valence-corrected chi connectivity index (χ0v) is 16.3. The lowest BCUT2D eigenvalue weighted by molar-refractivity contribution is -0.144. The Morgan fingerprint density at radius 2 is 1.56 bits per heavy atom. The van der Waals surface area contributed by atoms with Crippen LogP contribution < -0.4 is 0 Å². The average molecular weight is 366 g/mol. The molecule has 0 saturated carbocycles. The van der Waals surface area contributed by atoms with Gasteiger partial charge in [-0.2, -0.15) is 0 Å². The highest BCUT2D eigenvalue weighted by Crippen LogP contribution is 2.29. The van der Waals surface area contributed by atoms with Gasteiger partial charge < -0.3 is 9.64 Å². The van der Waals surface area contributed by atoms with Crippen molar-refractivity contribution < 1.29 is 9.53 Å². The fourth-order valence-electron chi connectivity index (χ4n) is 4.08. The van der Waals surface area contributed by atoms with E-state index in [1.807, 2.05) is 6.92 Å². The molecule has 0 spiro atoms. The summed E-state index contributed by atoms with van der Waals surface area (Å²) in [5, 5.41) is 0. The second-order valence-electron chi connectivity index (χ2n) is 7.46. The van der Waals surface area contributed by atoms with Gasteiger partial charge in [-0.05, 0) is 62.9 Å². The second-order valence-corrected chi connectivity index (χ2v) is 7.46. The van der Waals surface area contributed by atoms with Crippen molar-refractivity contribution in [2.24, 2.45) is 5.92 Å². The summed E-state index contributed by atoms with van der Waals surface area (Å²) in [4.78, 5) is 14.2. The van der Waals surface area contributed by atoms with Crippen molar-refractivity contribution in [1.82, 2.24) is 4.90 Å². The number of nitrogens with zero attached hydrogens (tertiary/aromatic N) is 1. The lowest BCUT2D eigenvalue weighted by Gasteiger charge is -2.32. The third kappa shape index (κ3) is 5.93. The van der Waals surface area contributed by atoms with E-state index in [1.165, 1.54) is 11.1 Å². The quantitative estimate of drug-likeness (QED) is 0.625. The average Bonchev–Trinajstić information content (AvgIpc) is 2.71. The number of esters is 1. The molecule has 1 aliphatic heterocycles. The maximum absolute atomic E-state index is 11.7. The molecule has 0 radical (unpaired) electrons. The Hall–Kier alpha value is -2.13. The number of carbonyl (C=O) groups excluding carboxylic acids is 1. The van der Waals surface area contributed by atoms with Crippen molar-refractivity contribution in [2.45, 2.75) is 38.5 Å². The topological polar surface area (TPSA) is 29.5 Å². The molecule has 0 atom stereocenters. The molecular formula is C24H31NO2. The fourth-order valence-corrected chi connectivity index (χ4v) is 4.08. The van der Waals surface area contributed by atoms with Crippen LogP contribution in [0.1, 0.15) is 49.7 Å². The molecule has 0 aliphatic carbocycles. The minimum Gasteiger partial charge on any atom is -0.466 e. The first-order valence-corrected chi connectivity index (χ1v) is 10.2. The maximum atomic E-state index is 11.7. The summed E-state index contributed by atoms with van der Waals surface area (Å²) in [7, 11) is 0. The molecule has 1 heterocycles. The van der Waals surface area contributed by atoms with Gasteiger partial charge in [-0.25, -0.2) is 0 Å². The number of rotatable bonds is 8. The van der Waals surface area contributed by atoms with E-state index in [2.05, 4.69) is 65.6 Å². The second kappa shape index (κ2) is 10.3. The molecule has 0 bridgehead atoms. The van der Waals surface area contributed by atoms with E-state index >= 15 is 0 Å². The van der Waals surface area contributed by atoms with Gasteiger partial charge in [-0.1, -0.05) is 60.7 Å². The van der Waals surface area contributed by atoms with Crippen molar-refractivity contribution in [2.75, 3.05) is 26.2 Å². The van der Waals surface area contributed by atoms with Crippen LogP contribution in [0, 0.1) is 5.92 Å². The number of hydrogen-bond acceptors (Lipinski definition) is 3. The van der Waals surface area contributed by atoms with Gasteiger partial charge in [0.15, 0.2) is 0 Å². The molecule has 1 fully saturated rings. The van der Waals surface area contributed by atoms with Crippen LogP contribution in [0.3, 0.4) is 0 Å². The Morgan fingerprint density at radius 1 is 1.00 bits per heavy atom. The molecule has 144 valence electrons. The number of piperidine rings is 1. The highest BCUT2D eigenvalue weighted by molar-refractivity contribution is 5.69. The summed E-state index contributed by atoms with van der Waals surface area (Å²) in [5.41, 5.74) is 2.78. The van der Waals surface area contributed by atoms with E-state index in [1.54, 1.807) is 0 Å². The number of carbonyl (C=O) groups is 1. The van der Waals surface area contributed by atoms with E-state index in [0.717, 1.165) is 38.9 Å². The summed E-state index contributed by atoms with van der Waals surface area (Å²) in [5.74, 6) is 0.883. The molecule has 0 amide bonds. The summed E-state index contributed by atoms with van der Waals surface area (Å²) >= 11 is 0. The van der Waals surface area contributed by atoms with Gasteiger partial charge in [0.2, 0.25) is 0 Å². The van der Waals surface area contributed by atoms with Crippen molar-refractivity contribution in [1.29, 1.82) is 0 Å². The zero-order valence-electron chi connectivity index (χ0n) is 16.3. The van der Waals surface area contributed by atoms with E-state index in [0.29, 0.717) is 24.9 Å². The highest BCUT2D eigenvalue weighted by Gasteiger charge is 2.23. The van der Waals surface area contributed by atoms with Crippen LogP contribution in [-0.4, -0.2) is 37.1 Å². The van der Waals surface area contributed by atoms with Crippen LogP contribution in [0.15, 0.2) is 60.7 Å². The Bertz CT molecular complexity index is 639. The summed E-state index contributed by atoms with van der Waals surface area (Å²) in [6, 6.07) is 21.6. The Labute approximate surface area is 163 Å². The third-order valence-corrected chi connectivity index (χ3v) is 5.61. The number of likely N-dealkylation sites (tertiary alicyclic amines) is 1. The van der Waals surface area contributed by atoms with Crippen molar-refractivity contribution >= 4 is 5.97 Å². The van der Waals surface area contributed by atoms with E-state index in [-0.39, 0.29) is 5.97 Å². The molecular weight excluding hydrogens is 334 g/mol. The molecule has 0 aromatic heterocycles. The molecule has 27 heavy (non-hydrogen) atoms. The van der Waals surface area contributed by atoms with Crippen LogP contribution in [-0.2, 0) is 9.53 Å². The van der Waals surface area contributed by atoms with Crippen LogP contribution in [0.4, 0.5) is 0 Å². The molecule has 3 heteroatoms. The molecule has 0 N–H and O–H groups in total. The van der Waals surface area contributed by atoms with Gasteiger partial charge in [-0.15, -0.1) is 0 Å². The van der Waals surface area contributed by atoms with E-state index < -0.39 is 0 Å². The number of ether oxygens (including phenoxy) is 1. The number of hydrogen-bond donors (Lipinski definition) is 0. The SMILES string of the molecule is CCOC(=O)CC1CCN(CCC(c2ccccc2)c2ccccc2)CC1. The lowest BCUT2D eigenvalue weighted by Crippen LogP contribution is -2.35. The minimum atomic E-state index is -0.0378. The number of benzene rings is 2. The molecule has 1 aliphatic rings. The maximum Gasteiger partial charge on any atom is 0.306 e. The summed E-state index contributed by atoms with van der Waals surface area (Å²) in [6.45, 7) is 5.62. The largest absolute Gasteiger partial charge is 0.466 e. The van der Waals surface area contributed by atoms with Gasteiger partial charge in [-0.3, -0.25) is 4.79 Å². The van der Waals surface area contributed by atoms with E-state index in [4.69, 9.17) is 4.74 Å². The molecule has 3 rings (SSSR count). The molecule has 3 nitrogen and oxygen atoms in total. The molecule has 2 aromatic carbocycles. The predicted octanol–water partition coefficient (Wildman–Crippen LogP) is 4.87. The van der Waals surface area contributed by atoms with Crippen LogP contribution in [0.5, 0.6) is 0 Å². The molecule has 0 unspecified atom stereocenters. The first-order chi connectivity index (χ1) is 13.3. The monoisotopic (exact) mass is 365 g/mol. The van der Waals surface area contributed by atoms with Gasteiger partial charge in [0.1, 0.15) is 0 Å². The predicted molar refractivity (Wildman–Crippen MR) is 110 cm³/mol. The molecule has 2 aromatic rings. The van der Waals surface area contributed by atoms with Gasteiger partial charge in [0.25, 0.3) is 0 Å². The van der Waals surface area contributed by atoms with E-state index in [9.17, 15) is 4.79 Å². The Balaban J connectivity index is 1.54. The third-order valence-electron chi connectivity index (χ3n) is 5.61. The fraction of sp³-hybridized carbons (Fsp3) is 0.458. The molecule has 1 saturated heterocycles. The lowest BCUT2D eigenvalue weighted by atomic mass is 9.87. The standard InChI is InChI=1S/C24H31NO2/c1-2-27-24(26)19-20-13-16-25(17-14-20)18-15-23(21-9-5-3-6-10-21)22-11-7-4-8-12-22/h3-12,20,23H,2,13-19H2,1H3. The van der Waals surface area contributed by atoms with Crippen molar-refractivity contribution in [3.8, 4) is 0 Å². The van der Waals surface area contributed by atoms with Crippen molar-refractivity contribution in [3.05, 3.63) is 71.8 Å². The Morgan fingerprint density at radius 3 is 2.07 bits per heavy atom. The summed E-state index contributed by atoms with van der Waals surface area (Å²) in [6.07, 6.45) is 3.90. The first-order valence-electron chi connectivity index (χ1n) is 10.2. The van der Waals surface area contributed by atoms with Gasteiger partial charge in [0.05, 0.1) is 6.61 Å². The van der Waals surface area contributed by atoms with Crippen molar-refractivity contribution in [3.63, 3.8) is 0 Å². The van der Waals surface area contributed by atoms with Gasteiger partial charge >= 0.3 is 5.97 Å². The first kappa shape index (κ1) is 19.6. The van der Waals surface area contributed by atoms with Gasteiger partial charge in [0, 0.05) is 12.3 Å². The van der Waals surface area contributed by atoms with Crippen LogP contribution >= 0.6 is 0 Å². The smallest absolute Gasteiger partial charge is 0.306 e. The van der Waals surface area contributed by atoms with Crippen LogP contribution in [0.2, 0.25) is 0 Å². The normalized spacial score (nSPS) is 15.8. The van der Waals surface area contributed by atoms with Crippen LogP contribution in [0.25, 0.3) is 0 Å².